The number of para-hydroxylation sites is 1. The molecule has 0 radical (unpaired) electrons. The fraction of sp³-hybridized carbons (Fsp3) is 0.611. The van der Waals surface area contributed by atoms with Gasteiger partial charge < -0.3 is 9.64 Å². The Morgan fingerprint density at radius 3 is 2.48 bits per heavy atom. The molecule has 0 saturated carbocycles. The first-order chi connectivity index (χ1) is 12.3. The first kappa shape index (κ1) is 17.3. The summed E-state index contributed by atoms with van der Waals surface area (Å²) >= 11 is 1.84. The van der Waals surface area contributed by atoms with Crippen LogP contribution in [0.25, 0.3) is 0 Å². The Hall–Kier alpha value is -1.12. The number of hydrogen-bond donors (Lipinski definition) is 0. The van der Waals surface area contributed by atoms with Gasteiger partial charge in [-0.25, -0.2) is 8.61 Å². The number of ether oxygens (including phenoxy) is 1. The van der Waals surface area contributed by atoms with Crippen molar-refractivity contribution in [1.29, 1.82) is 0 Å². The second kappa shape index (κ2) is 8.05. The highest BCUT2D eigenvalue weighted by Gasteiger charge is 2.27. The topological polar surface area (TPSA) is 39.3 Å². The fourth-order valence-corrected chi connectivity index (χ4v) is 4.60. The zero-order valence-electron chi connectivity index (χ0n) is 14.6. The van der Waals surface area contributed by atoms with E-state index in [1.54, 1.807) is 0 Å². The number of carbonyl (C=O) groups is 1. The summed E-state index contributed by atoms with van der Waals surface area (Å²) < 4.78 is 10.2. The van der Waals surface area contributed by atoms with Crippen LogP contribution in [-0.2, 0) is 16.0 Å². The molecule has 1 amide bonds. The third kappa shape index (κ3) is 4.17. The number of anilines is 1. The van der Waals surface area contributed by atoms with Crippen molar-refractivity contribution in [2.45, 2.75) is 6.42 Å². The van der Waals surface area contributed by atoms with Crippen molar-refractivity contribution in [3.05, 3.63) is 29.8 Å². The number of carbonyl (C=O) groups excluding carboxylic acids is 1. The molecule has 2 fully saturated rings. The Morgan fingerprint density at radius 1 is 0.960 bits per heavy atom. The van der Waals surface area contributed by atoms with Gasteiger partial charge in [-0.3, -0.25) is 9.69 Å². The molecule has 25 heavy (non-hydrogen) atoms. The van der Waals surface area contributed by atoms with E-state index in [9.17, 15) is 4.79 Å². The molecule has 0 spiro atoms. The van der Waals surface area contributed by atoms with Crippen LogP contribution in [0, 0.1) is 0 Å². The Bertz CT molecular complexity index is 600. The van der Waals surface area contributed by atoms with E-state index in [0.29, 0.717) is 6.54 Å². The minimum absolute atomic E-state index is 0.235. The van der Waals surface area contributed by atoms with E-state index in [2.05, 4.69) is 31.7 Å². The van der Waals surface area contributed by atoms with Crippen LogP contribution in [0.5, 0.6) is 0 Å². The van der Waals surface area contributed by atoms with E-state index in [0.717, 1.165) is 71.1 Å². The Kier molecular flexibility index (Phi) is 5.57. The summed E-state index contributed by atoms with van der Waals surface area (Å²) in [7, 11) is 0. The Balaban J connectivity index is 1.24. The van der Waals surface area contributed by atoms with E-state index in [1.165, 1.54) is 5.56 Å². The number of morpholine rings is 1. The minimum atomic E-state index is 0.235. The van der Waals surface area contributed by atoms with Crippen LogP contribution >= 0.6 is 12.1 Å². The maximum Gasteiger partial charge on any atom is 0.241 e. The van der Waals surface area contributed by atoms with Gasteiger partial charge in [0.2, 0.25) is 5.91 Å². The van der Waals surface area contributed by atoms with Gasteiger partial charge in [0.15, 0.2) is 0 Å². The largest absolute Gasteiger partial charge is 0.379 e. The second-order valence-corrected chi connectivity index (χ2v) is 7.95. The summed E-state index contributed by atoms with van der Waals surface area (Å²) in [6.07, 6.45) is 0.978. The van der Waals surface area contributed by atoms with Crippen LogP contribution in [-0.4, -0.2) is 85.0 Å². The van der Waals surface area contributed by atoms with E-state index >= 15 is 0 Å². The number of benzene rings is 1. The minimum Gasteiger partial charge on any atom is -0.379 e. The molecular weight excluding hydrogens is 336 g/mol. The number of rotatable bonds is 4. The van der Waals surface area contributed by atoms with Crippen molar-refractivity contribution in [3.8, 4) is 0 Å². The summed E-state index contributed by atoms with van der Waals surface area (Å²) in [4.78, 5) is 17.0. The van der Waals surface area contributed by atoms with Gasteiger partial charge >= 0.3 is 0 Å². The van der Waals surface area contributed by atoms with Gasteiger partial charge in [0.1, 0.15) is 0 Å². The molecule has 3 aliphatic heterocycles. The van der Waals surface area contributed by atoms with E-state index in [1.807, 2.05) is 23.1 Å². The second-order valence-electron chi connectivity index (χ2n) is 6.75. The molecule has 6 nitrogen and oxygen atoms in total. The maximum atomic E-state index is 12.7. The van der Waals surface area contributed by atoms with Crippen LogP contribution in [0.3, 0.4) is 0 Å². The lowest BCUT2D eigenvalue weighted by atomic mass is 10.2. The number of piperazine rings is 1. The van der Waals surface area contributed by atoms with Crippen molar-refractivity contribution in [3.63, 3.8) is 0 Å². The molecule has 0 bridgehead atoms. The maximum absolute atomic E-state index is 12.7. The third-order valence-corrected chi connectivity index (χ3v) is 6.27. The SMILES string of the molecule is O=C(CN1CCN(SN2CCOCC2)CC1)N1CCc2ccccc21. The lowest BCUT2D eigenvalue weighted by molar-refractivity contribution is -0.119. The van der Waals surface area contributed by atoms with Crippen LogP contribution in [0.15, 0.2) is 24.3 Å². The molecule has 4 rings (SSSR count). The van der Waals surface area contributed by atoms with Crippen LogP contribution in [0.4, 0.5) is 5.69 Å². The lowest BCUT2D eigenvalue weighted by Crippen LogP contribution is -2.49. The molecule has 0 unspecified atom stereocenters. The Labute approximate surface area is 154 Å². The standard InChI is InChI=1S/C18H26N4O2S/c23-18(22-6-5-16-3-1-2-4-17(16)22)15-19-7-9-20(10-8-19)25-21-11-13-24-14-12-21/h1-4H,5-15H2. The first-order valence-corrected chi connectivity index (χ1v) is 9.89. The summed E-state index contributed by atoms with van der Waals surface area (Å²) in [5.41, 5.74) is 2.40. The molecule has 0 aliphatic carbocycles. The van der Waals surface area contributed by atoms with Gasteiger partial charge in [0.25, 0.3) is 0 Å². The molecule has 7 heteroatoms. The molecule has 0 N–H and O–H groups in total. The molecule has 3 aliphatic rings. The van der Waals surface area contributed by atoms with Gasteiger partial charge in [-0.1, -0.05) is 18.2 Å². The summed E-state index contributed by atoms with van der Waals surface area (Å²) in [6, 6.07) is 8.27. The van der Waals surface area contributed by atoms with Gasteiger partial charge in [-0.15, -0.1) is 0 Å². The molecule has 0 aromatic heterocycles. The van der Waals surface area contributed by atoms with Gasteiger partial charge in [0.05, 0.1) is 19.8 Å². The highest BCUT2D eigenvalue weighted by atomic mass is 32.2. The fourth-order valence-electron chi connectivity index (χ4n) is 3.63. The highest BCUT2D eigenvalue weighted by Crippen LogP contribution is 2.27. The monoisotopic (exact) mass is 362 g/mol. The first-order valence-electron chi connectivity index (χ1n) is 9.16. The molecular formula is C18H26N4O2S. The summed E-state index contributed by atoms with van der Waals surface area (Å²) in [5.74, 6) is 0.235. The molecule has 1 aromatic rings. The zero-order valence-corrected chi connectivity index (χ0v) is 15.4. The molecule has 2 saturated heterocycles. The van der Waals surface area contributed by atoms with Crippen molar-refractivity contribution in [2.75, 3.05) is 70.5 Å². The van der Waals surface area contributed by atoms with Crippen LogP contribution < -0.4 is 4.90 Å². The number of nitrogens with zero attached hydrogens (tertiary/aromatic N) is 4. The zero-order chi connectivity index (χ0) is 17.1. The highest BCUT2D eigenvalue weighted by molar-refractivity contribution is 7.94. The molecule has 3 heterocycles. The van der Waals surface area contributed by atoms with Crippen LogP contribution in [0.1, 0.15) is 5.56 Å². The van der Waals surface area contributed by atoms with Crippen LogP contribution in [0.2, 0.25) is 0 Å². The molecule has 136 valence electrons. The van der Waals surface area contributed by atoms with Crippen molar-refractivity contribution in [2.24, 2.45) is 0 Å². The number of fused-ring (bicyclic) bond motifs is 1. The normalized spacial score (nSPS) is 23.0. The van der Waals surface area contributed by atoms with Gasteiger partial charge in [-0.05, 0) is 18.1 Å². The van der Waals surface area contributed by atoms with Crippen molar-refractivity contribution in [1.82, 2.24) is 13.5 Å². The third-order valence-electron chi connectivity index (χ3n) is 5.08. The average Bonchev–Trinajstić information content (AvgIpc) is 3.08. The van der Waals surface area contributed by atoms with E-state index < -0.39 is 0 Å². The molecule has 1 aromatic carbocycles. The molecule has 0 atom stereocenters. The average molecular weight is 362 g/mol. The number of hydrogen-bond acceptors (Lipinski definition) is 6. The predicted molar refractivity (Wildman–Crippen MR) is 100 cm³/mol. The van der Waals surface area contributed by atoms with Crippen molar-refractivity contribution < 1.29 is 9.53 Å². The number of amides is 1. The smallest absolute Gasteiger partial charge is 0.241 e. The van der Waals surface area contributed by atoms with Gasteiger partial charge in [-0.2, -0.15) is 0 Å². The predicted octanol–water partition coefficient (Wildman–Crippen LogP) is 1.09. The summed E-state index contributed by atoms with van der Waals surface area (Å²) in [6.45, 7) is 8.94. The van der Waals surface area contributed by atoms with E-state index in [-0.39, 0.29) is 5.91 Å². The van der Waals surface area contributed by atoms with E-state index in [4.69, 9.17) is 4.74 Å². The Morgan fingerprint density at radius 2 is 1.68 bits per heavy atom. The quantitative estimate of drug-likeness (QED) is 0.747. The van der Waals surface area contributed by atoms with Gasteiger partial charge in [0, 0.05) is 63.6 Å². The lowest BCUT2D eigenvalue weighted by Gasteiger charge is -2.37. The van der Waals surface area contributed by atoms with Crippen molar-refractivity contribution >= 4 is 23.7 Å². The summed E-state index contributed by atoms with van der Waals surface area (Å²) in [5, 5.41) is 0.